The van der Waals surface area contributed by atoms with Crippen LogP contribution in [-0.4, -0.2) is 17.5 Å². The van der Waals surface area contributed by atoms with E-state index < -0.39 is 0 Å². The molecule has 1 aliphatic heterocycles. The first-order valence-electron chi connectivity index (χ1n) is 7.07. The molecule has 1 aliphatic rings. The van der Waals surface area contributed by atoms with Gasteiger partial charge in [-0.2, -0.15) is 0 Å². The lowest BCUT2D eigenvalue weighted by molar-refractivity contribution is 0.485. The highest BCUT2D eigenvalue weighted by atomic mass is 32.2. The second-order valence-electron chi connectivity index (χ2n) is 5.10. The summed E-state index contributed by atoms with van der Waals surface area (Å²) in [6, 6.07) is 17.8. The number of benzene rings is 2. The first-order chi connectivity index (χ1) is 10.3. The lowest BCUT2D eigenvalue weighted by Gasteiger charge is -2.19. The van der Waals surface area contributed by atoms with Gasteiger partial charge in [0.2, 0.25) is 0 Å². The molecule has 1 N–H and O–H groups in total. The number of nitrogens with zero attached hydrogens (tertiary/aromatic N) is 1. The van der Waals surface area contributed by atoms with E-state index in [-0.39, 0.29) is 0 Å². The minimum absolute atomic E-state index is 0.649. The van der Waals surface area contributed by atoms with E-state index in [2.05, 4.69) is 17.2 Å². The van der Waals surface area contributed by atoms with E-state index in [1.54, 1.807) is 11.8 Å². The van der Waals surface area contributed by atoms with Crippen LogP contribution in [0.2, 0.25) is 0 Å². The minimum Gasteiger partial charge on any atom is -0.455 e. The summed E-state index contributed by atoms with van der Waals surface area (Å²) in [5, 5.41) is 4.35. The fourth-order valence-electron chi connectivity index (χ4n) is 2.02. The molecular weight excluding hydrogens is 280 g/mol. The normalized spacial score (nSPS) is 18.0. The Hall–Kier alpha value is -1.94. The van der Waals surface area contributed by atoms with Gasteiger partial charge in [0.15, 0.2) is 10.9 Å². The molecule has 1 heterocycles. The Morgan fingerprint density at radius 1 is 1.10 bits per heavy atom. The summed E-state index contributed by atoms with van der Waals surface area (Å²) < 4.78 is 5.95. The maximum absolute atomic E-state index is 5.95. The highest BCUT2D eigenvalue weighted by molar-refractivity contribution is 8.14. The van der Waals surface area contributed by atoms with E-state index in [1.807, 2.05) is 54.6 Å². The van der Waals surface area contributed by atoms with Crippen LogP contribution in [0.25, 0.3) is 0 Å². The van der Waals surface area contributed by atoms with E-state index in [0.29, 0.717) is 5.92 Å². The van der Waals surface area contributed by atoms with Crippen molar-refractivity contribution in [2.24, 2.45) is 10.9 Å². The summed E-state index contributed by atoms with van der Waals surface area (Å²) in [5.74, 6) is 3.40. The Bertz CT molecular complexity index is 628. The Kier molecular flexibility index (Phi) is 4.46. The number of rotatable bonds is 3. The largest absolute Gasteiger partial charge is 0.455 e. The minimum atomic E-state index is 0.649. The van der Waals surface area contributed by atoms with Crippen LogP contribution < -0.4 is 10.1 Å². The van der Waals surface area contributed by atoms with Crippen LogP contribution in [0.15, 0.2) is 59.6 Å². The molecule has 0 saturated carbocycles. The maximum atomic E-state index is 5.95. The summed E-state index contributed by atoms with van der Waals surface area (Å²) in [6.07, 6.45) is 0. The van der Waals surface area contributed by atoms with Gasteiger partial charge in [0.05, 0.1) is 5.69 Å². The first kappa shape index (κ1) is 14.0. The van der Waals surface area contributed by atoms with Crippen molar-refractivity contribution >= 4 is 22.6 Å². The van der Waals surface area contributed by atoms with Crippen LogP contribution in [0, 0.1) is 5.92 Å². The Morgan fingerprint density at radius 3 is 2.62 bits per heavy atom. The molecule has 3 nitrogen and oxygen atoms in total. The predicted octanol–water partition coefficient (Wildman–Crippen LogP) is 4.63. The zero-order valence-electron chi connectivity index (χ0n) is 12.0. The predicted molar refractivity (Wildman–Crippen MR) is 90.5 cm³/mol. The third-order valence-corrected chi connectivity index (χ3v) is 4.39. The smallest absolute Gasteiger partial charge is 0.161 e. The summed E-state index contributed by atoms with van der Waals surface area (Å²) in [7, 11) is 0. The maximum Gasteiger partial charge on any atom is 0.161 e. The molecule has 0 saturated heterocycles. The molecule has 0 bridgehead atoms. The summed E-state index contributed by atoms with van der Waals surface area (Å²) >= 11 is 1.76. The number of para-hydroxylation sites is 3. The van der Waals surface area contributed by atoms with E-state index in [9.17, 15) is 0 Å². The van der Waals surface area contributed by atoms with Crippen molar-refractivity contribution in [1.29, 1.82) is 0 Å². The monoisotopic (exact) mass is 298 g/mol. The van der Waals surface area contributed by atoms with Gasteiger partial charge < -0.3 is 10.1 Å². The van der Waals surface area contributed by atoms with Crippen LogP contribution in [0.5, 0.6) is 11.5 Å². The number of nitrogens with one attached hydrogen (secondary N) is 1. The van der Waals surface area contributed by atoms with Crippen LogP contribution >= 0.6 is 11.8 Å². The molecular formula is C17H18N2OS. The molecule has 0 aromatic heterocycles. The number of hydrogen-bond acceptors (Lipinski definition) is 4. The van der Waals surface area contributed by atoms with E-state index in [1.165, 1.54) is 0 Å². The van der Waals surface area contributed by atoms with Crippen LogP contribution in [0.3, 0.4) is 0 Å². The van der Waals surface area contributed by atoms with Gasteiger partial charge >= 0.3 is 0 Å². The highest BCUT2D eigenvalue weighted by Gasteiger charge is 2.13. The van der Waals surface area contributed by atoms with Crippen LogP contribution in [0.1, 0.15) is 6.92 Å². The molecule has 3 rings (SSSR count). The van der Waals surface area contributed by atoms with Gasteiger partial charge in [0.1, 0.15) is 5.75 Å². The van der Waals surface area contributed by atoms with Crippen molar-refractivity contribution < 1.29 is 4.74 Å². The van der Waals surface area contributed by atoms with Crippen molar-refractivity contribution in [3.05, 3.63) is 54.6 Å². The van der Waals surface area contributed by atoms with Crippen LogP contribution in [0.4, 0.5) is 5.69 Å². The van der Waals surface area contributed by atoms with Crippen LogP contribution in [-0.2, 0) is 0 Å². The molecule has 0 fully saturated rings. The van der Waals surface area contributed by atoms with Gasteiger partial charge in [-0.1, -0.05) is 49.0 Å². The lowest BCUT2D eigenvalue weighted by Crippen LogP contribution is -2.18. The zero-order valence-corrected chi connectivity index (χ0v) is 12.8. The molecule has 21 heavy (non-hydrogen) atoms. The van der Waals surface area contributed by atoms with E-state index >= 15 is 0 Å². The number of hydrogen-bond donors (Lipinski definition) is 1. The quantitative estimate of drug-likeness (QED) is 0.897. The fraction of sp³-hybridized carbons (Fsp3) is 0.235. The van der Waals surface area contributed by atoms with E-state index in [0.717, 1.165) is 34.7 Å². The van der Waals surface area contributed by atoms with Gasteiger partial charge in [-0.3, -0.25) is 4.99 Å². The van der Waals surface area contributed by atoms with Gasteiger partial charge in [-0.15, -0.1) is 0 Å². The standard InChI is InChI=1S/C17H18N2OS/c1-13-11-18-17(21-12-13)19-15-9-5-6-10-16(15)20-14-7-3-2-4-8-14/h2-10,13H,11-12H2,1H3,(H,18,19). The third-order valence-electron chi connectivity index (χ3n) is 3.15. The van der Waals surface area contributed by atoms with Crippen molar-refractivity contribution in [2.75, 3.05) is 17.6 Å². The van der Waals surface area contributed by atoms with Crippen molar-refractivity contribution in [2.45, 2.75) is 6.92 Å². The Balaban J connectivity index is 1.77. The molecule has 1 unspecified atom stereocenters. The fourth-order valence-corrected chi connectivity index (χ4v) is 2.92. The number of thioether (sulfide) groups is 1. The highest BCUT2D eigenvalue weighted by Crippen LogP contribution is 2.30. The van der Waals surface area contributed by atoms with E-state index in [4.69, 9.17) is 4.74 Å². The number of ether oxygens (including phenoxy) is 1. The van der Waals surface area contributed by atoms with Crippen molar-refractivity contribution in [3.8, 4) is 11.5 Å². The number of amidine groups is 1. The van der Waals surface area contributed by atoms with Gasteiger partial charge in [-0.05, 0) is 30.2 Å². The van der Waals surface area contributed by atoms with Crippen molar-refractivity contribution in [3.63, 3.8) is 0 Å². The third kappa shape index (κ3) is 3.79. The Labute approximate surface area is 129 Å². The first-order valence-corrected chi connectivity index (χ1v) is 8.06. The molecule has 2 aromatic rings. The molecule has 0 radical (unpaired) electrons. The Morgan fingerprint density at radius 2 is 1.86 bits per heavy atom. The summed E-state index contributed by atoms with van der Waals surface area (Å²) in [4.78, 5) is 4.57. The molecule has 1 atom stereocenters. The summed E-state index contributed by atoms with van der Waals surface area (Å²) in [5.41, 5.74) is 0.946. The average molecular weight is 298 g/mol. The molecule has 4 heteroatoms. The second-order valence-corrected chi connectivity index (χ2v) is 6.11. The second kappa shape index (κ2) is 6.68. The van der Waals surface area contributed by atoms with Crippen molar-refractivity contribution in [1.82, 2.24) is 0 Å². The molecule has 108 valence electrons. The lowest BCUT2D eigenvalue weighted by atomic mass is 10.2. The molecule has 2 aromatic carbocycles. The average Bonchev–Trinajstić information content (AvgIpc) is 2.52. The zero-order chi connectivity index (χ0) is 14.5. The van der Waals surface area contributed by atoms with Gasteiger partial charge in [0.25, 0.3) is 0 Å². The SMILES string of the molecule is CC1CN=C(Nc2ccccc2Oc2ccccc2)SC1. The molecule has 0 aliphatic carbocycles. The topological polar surface area (TPSA) is 33.6 Å². The molecule has 0 spiro atoms. The van der Waals surface area contributed by atoms with Gasteiger partial charge in [0, 0.05) is 12.3 Å². The number of aliphatic imine (C=N–C) groups is 1. The summed E-state index contributed by atoms with van der Waals surface area (Å²) in [6.45, 7) is 3.11. The molecule has 0 amide bonds. The number of anilines is 1. The van der Waals surface area contributed by atoms with Gasteiger partial charge in [-0.25, -0.2) is 0 Å².